The number of benzene rings is 2. The Balaban J connectivity index is 1.72. The van der Waals surface area contributed by atoms with Gasteiger partial charge in [-0.3, -0.25) is 0 Å². The smallest absolute Gasteiger partial charge is 0.278 e. The Morgan fingerprint density at radius 1 is 1.13 bits per heavy atom. The summed E-state index contributed by atoms with van der Waals surface area (Å²) >= 11 is 12.6. The summed E-state index contributed by atoms with van der Waals surface area (Å²) in [5.41, 5.74) is 2.81. The number of halogens is 2. The van der Waals surface area contributed by atoms with Gasteiger partial charge in [-0.1, -0.05) is 61.5 Å². The Morgan fingerprint density at radius 2 is 1.94 bits per heavy atom. The highest BCUT2D eigenvalue weighted by atomic mass is 35.5. The van der Waals surface area contributed by atoms with Crippen molar-refractivity contribution in [2.45, 2.75) is 42.6 Å². The second-order valence-electron chi connectivity index (χ2n) is 7.32. The predicted molar refractivity (Wildman–Crippen MR) is 128 cm³/mol. The molecule has 2 heterocycles. The Kier molecular flexibility index (Phi) is 7.00. The number of thioether (sulfide) groups is 1. The van der Waals surface area contributed by atoms with Crippen LogP contribution in [0.3, 0.4) is 0 Å². The van der Waals surface area contributed by atoms with E-state index in [4.69, 9.17) is 33.2 Å². The minimum absolute atomic E-state index is 0.00859. The van der Waals surface area contributed by atoms with Crippen molar-refractivity contribution in [3.05, 3.63) is 71.4 Å². The molecular formula is C23H25Cl2N5S+2. The van der Waals surface area contributed by atoms with Crippen LogP contribution in [0.1, 0.15) is 31.2 Å². The topological polar surface area (TPSA) is 55.6 Å². The summed E-state index contributed by atoms with van der Waals surface area (Å²) < 4.78 is 1.91. The molecule has 0 bridgehead atoms. The van der Waals surface area contributed by atoms with E-state index in [2.05, 4.69) is 36.4 Å². The molecule has 0 fully saturated rings. The van der Waals surface area contributed by atoms with Crippen LogP contribution in [0.2, 0.25) is 5.02 Å². The molecule has 0 radical (unpaired) electrons. The lowest BCUT2D eigenvalue weighted by Crippen LogP contribution is -2.10. The third kappa shape index (κ3) is 5.32. The Hall–Kier alpha value is -2.28. The van der Waals surface area contributed by atoms with Crippen molar-refractivity contribution >= 4 is 45.9 Å². The Morgan fingerprint density at radius 3 is 2.68 bits per heavy atom. The van der Waals surface area contributed by atoms with Crippen molar-refractivity contribution in [2.24, 2.45) is 0 Å². The van der Waals surface area contributed by atoms with Crippen LogP contribution >= 0.6 is 23.4 Å². The average Bonchev–Trinajstić information content (AvgIpc) is 3.17. The molecule has 8 heteroatoms. The van der Waals surface area contributed by atoms with Gasteiger partial charge in [0.25, 0.3) is 5.38 Å². The normalized spacial score (nSPS) is 13.3. The van der Waals surface area contributed by atoms with Gasteiger partial charge in [-0.05, 0) is 48.4 Å². The lowest BCUT2D eigenvalue weighted by Gasteiger charge is -2.12. The highest BCUT2D eigenvalue weighted by Gasteiger charge is 2.22. The van der Waals surface area contributed by atoms with E-state index in [1.54, 1.807) is 11.8 Å². The van der Waals surface area contributed by atoms with Crippen molar-refractivity contribution in [1.29, 1.82) is 0 Å². The molecule has 2 unspecified atom stereocenters. The molecule has 2 atom stereocenters. The first-order chi connectivity index (χ1) is 15.0. The van der Waals surface area contributed by atoms with Gasteiger partial charge in [0.1, 0.15) is 12.4 Å². The molecule has 2 aromatic carbocycles. The fraction of sp³-hybridized carbons (Fsp3) is 0.261. The van der Waals surface area contributed by atoms with E-state index in [9.17, 15) is 0 Å². The number of anilines is 2. The fourth-order valence-corrected chi connectivity index (χ4v) is 4.45. The van der Waals surface area contributed by atoms with Crippen LogP contribution in [0, 0.1) is 11.6 Å². The lowest BCUT2D eigenvalue weighted by atomic mass is 10.1. The molecule has 0 saturated heterocycles. The number of aromatic nitrogens is 4. The van der Waals surface area contributed by atoms with Crippen molar-refractivity contribution in [3.63, 3.8) is 0 Å². The average molecular weight is 474 g/mol. The summed E-state index contributed by atoms with van der Waals surface area (Å²) in [5, 5.41) is 10.7. The molecule has 4 aromatic rings. The highest BCUT2D eigenvalue weighted by molar-refractivity contribution is 7.99. The molecule has 0 amide bonds. The summed E-state index contributed by atoms with van der Waals surface area (Å²) in [6, 6.07) is 17.8. The summed E-state index contributed by atoms with van der Waals surface area (Å²) in [5.74, 6) is 0.722. The number of hydrogen-bond acceptors (Lipinski definition) is 5. The minimum Gasteiger partial charge on any atom is -0.339 e. The highest BCUT2D eigenvalue weighted by Crippen LogP contribution is 2.30. The summed E-state index contributed by atoms with van der Waals surface area (Å²) in [7, 11) is 0. The van der Waals surface area contributed by atoms with Crippen molar-refractivity contribution < 1.29 is 11.6 Å². The number of nitrogens with zero attached hydrogens (tertiary/aromatic N) is 4. The summed E-state index contributed by atoms with van der Waals surface area (Å²) in [6.07, 6.45) is 2.85. The second kappa shape index (κ2) is 9.90. The largest absolute Gasteiger partial charge is 0.339 e. The van der Waals surface area contributed by atoms with Gasteiger partial charge < -0.3 is 5.32 Å². The molecule has 0 aliphatic rings. The Bertz CT molecular complexity index is 1170. The summed E-state index contributed by atoms with van der Waals surface area (Å²) in [4.78, 5) is 9.63. The van der Waals surface area contributed by atoms with Crippen LogP contribution in [0.5, 0.6) is 0 Å². The van der Waals surface area contributed by atoms with Gasteiger partial charge >= 0.3 is 0 Å². The number of fused-ring (bicyclic) bond motifs is 1. The quantitative estimate of drug-likeness (QED) is 0.197. The van der Waals surface area contributed by atoms with Crippen LogP contribution in [0.15, 0.2) is 66.0 Å². The third-order valence-electron chi connectivity index (χ3n) is 4.97. The van der Waals surface area contributed by atoms with Crippen molar-refractivity contribution in [3.8, 4) is 0 Å². The van der Waals surface area contributed by atoms with Crippen molar-refractivity contribution in [1.82, 2.24) is 19.7 Å². The van der Waals surface area contributed by atoms with E-state index in [0.717, 1.165) is 39.7 Å². The van der Waals surface area contributed by atoms with Gasteiger partial charge in [0, 0.05) is 16.0 Å². The molecular weight excluding hydrogens is 449 g/mol. The first kappa shape index (κ1) is 21.9. The second-order valence-corrected chi connectivity index (χ2v) is 9.78. The van der Waals surface area contributed by atoms with E-state index >= 15 is 0 Å². The SMILES string of the molecule is CCC(C)Sc1nc(Nc2cccc(Cl)c2)c2cnn(CC([ClH2+2])c3ccccc3)c2n1. The monoisotopic (exact) mass is 473 g/mol. The van der Waals surface area contributed by atoms with E-state index in [-0.39, 0.29) is 5.38 Å². The number of nitrogens with one attached hydrogen (secondary N) is 1. The van der Waals surface area contributed by atoms with E-state index in [1.807, 2.05) is 53.3 Å². The van der Waals surface area contributed by atoms with Crippen molar-refractivity contribution in [2.75, 3.05) is 5.32 Å². The van der Waals surface area contributed by atoms with Crippen LogP contribution in [-0.4, -0.2) is 25.0 Å². The van der Waals surface area contributed by atoms with E-state index in [1.165, 1.54) is 0 Å². The molecule has 0 aliphatic heterocycles. The van der Waals surface area contributed by atoms with E-state index < -0.39 is 0 Å². The van der Waals surface area contributed by atoms with Gasteiger partial charge in [-0.25, -0.2) is 14.6 Å². The number of hydrogen-bond donors (Lipinski definition) is 1. The molecule has 1 N–H and O–H groups in total. The Labute approximate surface area is 196 Å². The zero-order valence-corrected chi connectivity index (χ0v) is 19.8. The first-order valence-corrected chi connectivity index (χ1v) is 12.0. The number of rotatable bonds is 8. The maximum absolute atomic E-state index is 6.17. The molecule has 160 valence electrons. The maximum Gasteiger partial charge on any atom is 0.278 e. The summed E-state index contributed by atoms with van der Waals surface area (Å²) in [6.45, 7) is 4.95. The van der Waals surface area contributed by atoms with Gasteiger partial charge in [0.2, 0.25) is 0 Å². The van der Waals surface area contributed by atoms with E-state index in [0.29, 0.717) is 16.8 Å². The maximum atomic E-state index is 6.17. The molecule has 0 aliphatic carbocycles. The van der Waals surface area contributed by atoms with Gasteiger partial charge in [-0.15, -0.1) is 0 Å². The van der Waals surface area contributed by atoms with Gasteiger partial charge in [0.15, 0.2) is 10.8 Å². The predicted octanol–water partition coefficient (Wildman–Crippen LogP) is 5.87. The minimum atomic E-state index is 0.00859. The lowest BCUT2D eigenvalue weighted by molar-refractivity contribution is -0.430. The molecule has 5 nitrogen and oxygen atoms in total. The first-order valence-electron chi connectivity index (χ1n) is 10.2. The zero-order valence-electron chi connectivity index (χ0n) is 17.4. The van der Waals surface area contributed by atoms with Gasteiger partial charge in [-0.2, -0.15) is 5.10 Å². The van der Waals surface area contributed by atoms with Crippen LogP contribution in [-0.2, 0) is 6.54 Å². The molecule has 2 aromatic heterocycles. The molecule has 31 heavy (non-hydrogen) atoms. The van der Waals surface area contributed by atoms with Crippen LogP contribution in [0.25, 0.3) is 11.0 Å². The molecule has 0 saturated carbocycles. The third-order valence-corrected chi connectivity index (χ3v) is 6.80. The van der Waals surface area contributed by atoms with Crippen LogP contribution < -0.4 is 5.32 Å². The van der Waals surface area contributed by atoms with Crippen LogP contribution in [0.4, 0.5) is 11.5 Å². The zero-order chi connectivity index (χ0) is 21.8. The molecule has 4 rings (SSSR count). The molecule has 0 spiro atoms. The fourth-order valence-electron chi connectivity index (χ4n) is 3.13. The van der Waals surface area contributed by atoms with Gasteiger partial charge in [0.05, 0.1) is 17.1 Å². The standard InChI is InChI=1S/C23H25Cl2N5S/c1-3-15(2)31-23-28-21(27-18-11-7-10-17(24)12-18)19-13-26-30(22(19)29-23)14-20(25)16-8-5-4-6-9-16/h4-13,15,20H,3,14,25H2,1-2H3,(H,27,28,29)/q+2. The number of alkyl halides is 1.